The Labute approximate surface area is 78.2 Å². The molecule has 72 valence electrons. The molecule has 3 nitrogen and oxygen atoms in total. The third-order valence-electron chi connectivity index (χ3n) is 1.97. The van der Waals surface area contributed by atoms with Crippen molar-refractivity contribution in [2.45, 2.75) is 13.5 Å². The normalized spacial score (nSPS) is 10.8. The average Bonchev–Trinajstić information content (AvgIpc) is 2.05. The number of hydrogen-bond acceptors (Lipinski definition) is 3. The van der Waals surface area contributed by atoms with Crippen molar-refractivity contribution in [1.29, 1.82) is 0 Å². The SMILES string of the molecule is Cc1ccc(O)c(O)c1CN(C)C. The highest BCUT2D eigenvalue weighted by Crippen LogP contribution is 2.31. The third-order valence-corrected chi connectivity index (χ3v) is 1.97. The Bertz CT molecular complexity index is 308. The van der Waals surface area contributed by atoms with Gasteiger partial charge in [-0.25, -0.2) is 0 Å². The molecule has 2 N–H and O–H groups in total. The van der Waals surface area contributed by atoms with Crippen LogP contribution in [0.2, 0.25) is 0 Å². The number of aryl methyl sites for hydroxylation is 1. The second-order valence-corrected chi connectivity index (χ2v) is 3.47. The summed E-state index contributed by atoms with van der Waals surface area (Å²) in [7, 11) is 3.84. The topological polar surface area (TPSA) is 43.7 Å². The van der Waals surface area contributed by atoms with Gasteiger partial charge in [0.2, 0.25) is 0 Å². The molecule has 0 radical (unpaired) electrons. The monoisotopic (exact) mass is 181 g/mol. The summed E-state index contributed by atoms with van der Waals surface area (Å²) in [4.78, 5) is 1.95. The molecule has 13 heavy (non-hydrogen) atoms. The first-order valence-corrected chi connectivity index (χ1v) is 4.17. The van der Waals surface area contributed by atoms with Gasteiger partial charge < -0.3 is 15.1 Å². The van der Waals surface area contributed by atoms with E-state index in [-0.39, 0.29) is 11.5 Å². The molecule has 0 saturated heterocycles. The number of phenolic OH excluding ortho intramolecular Hbond substituents is 2. The van der Waals surface area contributed by atoms with Gasteiger partial charge in [-0.3, -0.25) is 0 Å². The number of rotatable bonds is 2. The Balaban J connectivity index is 3.10. The van der Waals surface area contributed by atoms with Crippen LogP contribution in [-0.4, -0.2) is 29.2 Å². The Kier molecular flexibility index (Phi) is 2.78. The molecule has 3 heteroatoms. The van der Waals surface area contributed by atoms with Crippen molar-refractivity contribution >= 4 is 0 Å². The molecule has 0 aliphatic rings. The summed E-state index contributed by atoms with van der Waals surface area (Å²) >= 11 is 0. The van der Waals surface area contributed by atoms with Crippen molar-refractivity contribution in [3.8, 4) is 11.5 Å². The van der Waals surface area contributed by atoms with Crippen molar-refractivity contribution in [3.63, 3.8) is 0 Å². The van der Waals surface area contributed by atoms with E-state index in [0.717, 1.165) is 11.1 Å². The highest BCUT2D eigenvalue weighted by Gasteiger charge is 2.09. The number of aromatic hydroxyl groups is 2. The van der Waals surface area contributed by atoms with Gasteiger partial charge in [0, 0.05) is 12.1 Å². The summed E-state index contributed by atoms with van der Waals surface area (Å²) in [5.41, 5.74) is 1.77. The van der Waals surface area contributed by atoms with E-state index in [1.807, 2.05) is 25.9 Å². The van der Waals surface area contributed by atoms with E-state index in [2.05, 4.69) is 0 Å². The van der Waals surface area contributed by atoms with Gasteiger partial charge in [0.15, 0.2) is 11.5 Å². The lowest BCUT2D eigenvalue weighted by Gasteiger charge is -2.14. The van der Waals surface area contributed by atoms with E-state index < -0.39 is 0 Å². The molecule has 1 aromatic carbocycles. The maximum absolute atomic E-state index is 9.55. The predicted molar refractivity (Wildman–Crippen MR) is 51.9 cm³/mol. The van der Waals surface area contributed by atoms with Crippen LogP contribution in [0.25, 0.3) is 0 Å². The molecule has 0 aliphatic carbocycles. The highest BCUT2D eigenvalue weighted by atomic mass is 16.3. The van der Waals surface area contributed by atoms with Crippen LogP contribution in [-0.2, 0) is 6.54 Å². The van der Waals surface area contributed by atoms with Crippen molar-refractivity contribution < 1.29 is 10.2 Å². The first-order valence-electron chi connectivity index (χ1n) is 4.17. The van der Waals surface area contributed by atoms with Crippen LogP contribution >= 0.6 is 0 Å². The molecular formula is C10H15NO2. The fraction of sp³-hybridized carbons (Fsp3) is 0.400. The van der Waals surface area contributed by atoms with Crippen LogP contribution < -0.4 is 0 Å². The van der Waals surface area contributed by atoms with E-state index in [4.69, 9.17) is 0 Å². The smallest absolute Gasteiger partial charge is 0.162 e. The molecule has 0 saturated carbocycles. The summed E-state index contributed by atoms with van der Waals surface area (Å²) in [5.74, 6) is -0.0591. The van der Waals surface area contributed by atoms with E-state index >= 15 is 0 Å². The fourth-order valence-electron chi connectivity index (χ4n) is 1.24. The highest BCUT2D eigenvalue weighted by molar-refractivity contribution is 5.48. The Hall–Kier alpha value is -1.22. The Morgan fingerprint density at radius 2 is 1.85 bits per heavy atom. The molecule has 0 aromatic heterocycles. The summed E-state index contributed by atoms with van der Waals surface area (Å²) in [6, 6.07) is 3.30. The minimum Gasteiger partial charge on any atom is -0.504 e. The van der Waals surface area contributed by atoms with Gasteiger partial charge in [-0.05, 0) is 32.6 Å². The molecule has 0 atom stereocenters. The predicted octanol–water partition coefficient (Wildman–Crippen LogP) is 1.47. The van der Waals surface area contributed by atoms with Crippen molar-refractivity contribution in [1.82, 2.24) is 4.90 Å². The molecule has 0 bridgehead atoms. The standard InChI is InChI=1S/C10H15NO2/c1-7-4-5-9(12)10(13)8(7)6-11(2)3/h4-5,12-13H,6H2,1-3H3. The van der Waals surface area contributed by atoms with Gasteiger partial charge >= 0.3 is 0 Å². The largest absolute Gasteiger partial charge is 0.504 e. The zero-order valence-corrected chi connectivity index (χ0v) is 8.20. The van der Waals surface area contributed by atoms with E-state index in [1.54, 1.807) is 6.07 Å². The zero-order chi connectivity index (χ0) is 10.0. The van der Waals surface area contributed by atoms with Crippen LogP contribution in [0.5, 0.6) is 11.5 Å². The van der Waals surface area contributed by atoms with Crippen LogP contribution in [0.1, 0.15) is 11.1 Å². The van der Waals surface area contributed by atoms with Gasteiger partial charge in [0.05, 0.1) is 0 Å². The molecule has 0 amide bonds. The summed E-state index contributed by atoms with van der Waals surface area (Å²) in [5, 5.41) is 18.8. The van der Waals surface area contributed by atoms with Crippen LogP contribution in [0.15, 0.2) is 12.1 Å². The zero-order valence-electron chi connectivity index (χ0n) is 8.20. The van der Waals surface area contributed by atoms with Gasteiger partial charge in [-0.15, -0.1) is 0 Å². The number of phenols is 2. The second kappa shape index (κ2) is 3.66. The van der Waals surface area contributed by atoms with Gasteiger partial charge in [-0.2, -0.15) is 0 Å². The Morgan fingerprint density at radius 1 is 1.23 bits per heavy atom. The molecule has 1 aromatic rings. The van der Waals surface area contributed by atoms with E-state index in [0.29, 0.717) is 6.54 Å². The summed E-state index contributed by atoms with van der Waals surface area (Å²) in [6.07, 6.45) is 0. The van der Waals surface area contributed by atoms with Gasteiger partial charge in [-0.1, -0.05) is 6.07 Å². The van der Waals surface area contributed by atoms with Crippen LogP contribution in [0, 0.1) is 6.92 Å². The lowest BCUT2D eigenvalue weighted by atomic mass is 10.1. The third kappa shape index (κ3) is 2.12. The molecule has 0 aliphatic heterocycles. The van der Waals surface area contributed by atoms with Crippen LogP contribution in [0.3, 0.4) is 0 Å². The lowest BCUT2D eigenvalue weighted by Crippen LogP contribution is -2.11. The van der Waals surface area contributed by atoms with Gasteiger partial charge in [0.25, 0.3) is 0 Å². The molecule has 0 unspecified atom stereocenters. The molecule has 0 heterocycles. The van der Waals surface area contributed by atoms with E-state index in [1.165, 1.54) is 6.07 Å². The summed E-state index contributed by atoms with van der Waals surface area (Å²) < 4.78 is 0. The lowest BCUT2D eigenvalue weighted by molar-refractivity contribution is 0.367. The maximum Gasteiger partial charge on any atom is 0.162 e. The first kappa shape index (κ1) is 9.86. The van der Waals surface area contributed by atoms with Crippen molar-refractivity contribution in [3.05, 3.63) is 23.3 Å². The quantitative estimate of drug-likeness (QED) is 0.679. The van der Waals surface area contributed by atoms with Gasteiger partial charge in [0.1, 0.15) is 0 Å². The minimum atomic E-state index is -0.0533. The second-order valence-electron chi connectivity index (χ2n) is 3.47. The average molecular weight is 181 g/mol. The summed E-state index contributed by atoms with van der Waals surface area (Å²) in [6.45, 7) is 2.55. The first-order chi connectivity index (χ1) is 6.02. The number of nitrogens with zero attached hydrogens (tertiary/aromatic N) is 1. The van der Waals surface area contributed by atoms with E-state index in [9.17, 15) is 10.2 Å². The maximum atomic E-state index is 9.55. The molecule has 0 spiro atoms. The Morgan fingerprint density at radius 3 is 2.38 bits per heavy atom. The van der Waals surface area contributed by atoms with Crippen molar-refractivity contribution in [2.75, 3.05) is 14.1 Å². The fourth-order valence-corrected chi connectivity index (χ4v) is 1.24. The number of hydrogen-bond donors (Lipinski definition) is 2. The minimum absolute atomic E-state index is 0.00583. The number of benzene rings is 1. The molecule has 1 rings (SSSR count). The van der Waals surface area contributed by atoms with Crippen LogP contribution in [0.4, 0.5) is 0 Å². The molecular weight excluding hydrogens is 166 g/mol. The van der Waals surface area contributed by atoms with Crippen molar-refractivity contribution in [2.24, 2.45) is 0 Å². The molecule has 0 fully saturated rings.